The molecule has 1 fully saturated rings. The van der Waals surface area contributed by atoms with Crippen molar-refractivity contribution in [3.05, 3.63) is 41.6 Å². The van der Waals surface area contributed by atoms with E-state index in [0.717, 1.165) is 31.7 Å². The number of amides is 1. The first-order valence-electron chi connectivity index (χ1n) is 5.79. The van der Waals surface area contributed by atoms with Crippen LogP contribution < -0.4 is 11.1 Å². The summed E-state index contributed by atoms with van der Waals surface area (Å²) in [6.07, 6.45) is 1.85. The Bertz CT molecular complexity index is 408. The number of rotatable bonds is 3. The number of carbonyl (C=O) groups is 1. The van der Waals surface area contributed by atoms with E-state index in [-0.39, 0.29) is 5.91 Å². The number of piperazine rings is 1. The number of nitrogens with one attached hydrogen (secondary N) is 1. The van der Waals surface area contributed by atoms with E-state index in [2.05, 4.69) is 5.32 Å². The van der Waals surface area contributed by atoms with Gasteiger partial charge in [-0.25, -0.2) is 0 Å². The molecule has 1 aliphatic rings. The molecule has 90 valence electrons. The molecule has 0 saturated carbocycles. The monoisotopic (exact) mass is 231 g/mol. The van der Waals surface area contributed by atoms with Gasteiger partial charge in [-0.05, 0) is 11.6 Å². The SMILES string of the molecule is NC(=O)C(=Cc1ccccc1)N1CCNCC1. The van der Waals surface area contributed by atoms with Crippen molar-refractivity contribution >= 4 is 12.0 Å². The highest BCUT2D eigenvalue weighted by molar-refractivity contribution is 5.96. The molecule has 3 N–H and O–H groups in total. The molecule has 4 heteroatoms. The normalized spacial score (nSPS) is 16.9. The van der Waals surface area contributed by atoms with Gasteiger partial charge in [-0.15, -0.1) is 0 Å². The largest absolute Gasteiger partial charge is 0.365 e. The average Bonchev–Trinajstić information content (AvgIpc) is 2.38. The smallest absolute Gasteiger partial charge is 0.265 e. The van der Waals surface area contributed by atoms with Crippen LogP contribution in [0.1, 0.15) is 5.56 Å². The minimum atomic E-state index is -0.365. The molecule has 1 aliphatic heterocycles. The Kier molecular flexibility index (Phi) is 3.77. The van der Waals surface area contributed by atoms with Crippen LogP contribution in [0.4, 0.5) is 0 Å². The molecule has 4 nitrogen and oxygen atoms in total. The van der Waals surface area contributed by atoms with Crippen molar-refractivity contribution in [2.75, 3.05) is 26.2 Å². The molecule has 0 aliphatic carbocycles. The summed E-state index contributed by atoms with van der Waals surface area (Å²) in [5.74, 6) is -0.365. The van der Waals surface area contributed by atoms with Crippen molar-refractivity contribution in [2.24, 2.45) is 5.73 Å². The van der Waals surface area contributed by atoms with Gasteiger partial charge in [0.1, 0.15) is 5.70 Å². The highest BCUT2D eigenvalue weighted by atomic mass is 16.1. The fraction of sp³-hybridized carbons (Fsp3) is 0.308. The summed E-state index contributed by atoms with van der Waals surface area (Å²) in [4.78, 5) is 13.5. The fourth-order valence-electron chi connectivity index (χ4n) is 1.93. The van der Waals surface area contributed by atoms with Crippen molar-refractivity contribution in [3.63, 3.8) is 0 Å². The van der Waals surface area contributed by atoms with Crippen LogP contribution in [-0.2, 0) is 4.79 Å². The minimum absolute atomic E-state index is 0.365. The van der Waals surface area contributed by atoms with Crippen LogP contribution in [0.15, 0.2) is 36.0 Å². The van der Waals surface area contributed by atoms with E-state index < -0.39 is 0 Å². The highest BCUT2D eigenvalue weighted by Crippen LogP contribution is 2.11. The van der Waals surface area contributed by atoms with Gasteiger partial charge in [0.25, 0.3) is 5.91 Å². The summed E-state index contributed by atoms with van der Waals surface area (Å²) in [6, 6.07) is 9.77. The highest BCUT2D eigenvalue weighted by Gasteiger charge is 2.16. The lowest BCUT2D eigenvalue weighted by Gasteiger charge is -2.30. The van der Waals surface area contributed by atoms with Crippen LogP contribution in [0.3, 0.4) is 0 Å². The minimum Gasteiger partial charge on any atom is -0.365 e. The first kappa shape index (κ1) is 11.7. The number of primary amides is 1. The molecule has 0 spiro atoms. The summed E-state index contributed by atoms with van der Waals surface area (Å²) in [5, 5.41) is 3.25. The van der Waals surface area contributed by atoms with Gasteiger partial charge < -0.3 is 16.0 Å². The number of hydrogen-bond donors (Lipinski definition) is 2. The summed E-state index contributed by atoms with van der Waals surface area (Å²) in [7, 11) is 0. The maximum atomic E-state index is 11.5. The first-order valence-corrected chi connectivity index (χ1v) is 5.79. The zero-order chi connectivity index (χ0) is 12.1. The van der Waals surface area contributed by atoms with Crippen molar-refractivity contribution in [2.45, 2.75) is 0 Å². The van der Waals surface area contributed by atoms with Crippen molar-refractivity contribution < 1.29 is 4.79 Å². The van der Waals surface area contributed by atoms with Gasteiger partial charge in [0.15, 0.2) is 0 Å². The molecule has 1 saturated heterocycles. The Hall–Kier alpha value is -1.81. The second kappa shape index (κ2) is 5.50. The lowest BCUT2D eigenvalue weighted by atomic mass is 10.1. The molecule has 1 amide bonds. The molecule has 0 atom stereocenters. The second-order valence-corrected chi connectivity index (χ2v) is 4.04. The third-order valence-corrected chi connectivity index (χ3v) is 2.81. The molecular formula is C13H17N3O. The molecule has 17 heavy (non-hydrogen) atoms. The second-order valence-electron chi connectivity index (χ2n) is 4.04. The van der Waals surface area contributed by atoms with Crippen LogP contribution in [-0.4, -0.2) is 37.0 Å². The van der Waals surface area contributed by atoms with Crippen LogP contribution in [0.5, 0.6) is 0 Å². The Balaban J connectivity index is 2.22. The maximum absolute atomic E-state index is 11.5. The lowest BCUT2D eigenvalue weighted by molar-refractivity contribution is -0.116. The number of benzene rings is 1. The summed E-state index contributed by atoms with van der Waals surface area (Å²) in [6.45, 7) is 3.42. The topological polar surface area (TPSA) is 58.4 Å². The van der Waals surface area contributed by atoms with E-state index in [9.17, 15) is 4.79 Å². The van der Waals surface area contributed by atoms with Crippen LogP contribution >= 0.6 is 0 Å². The van der Waals surface area contributed by atoms with Gasteiger partial charge in [0.05, 0.1) is 0 Å². The fourth-order valence-corrected chi connectivity index (χ4v) is 1.93. The molecule has 0 bridgehead atoms. The predicted octanol–water partition coefficient (Wildman–Crippen LogP) is 0.418. The standard InChI is InChI=1S/C13H17N3O/c14-13(17)12(16-8-6-15-7-9-16)10-11-4-2-1-3-5-11/h1-5,10,15H,6-9H2,(H2,14,17). The first-order chi connectivity index (χ1) is 8.27. The molecular weight excluding hydrogens is 214 g/mol. The summed E-state index contributed by atoms with van der Waals surface area (Å²) < 4.78 is 0. The van der Waals surface area contributed by atoms with Gasteiger partial charge in [-0.1, -0.05) is 30.3 Å². The Morgan fingerprint density at radius 1 is 1.24 bits per heavy atom. The number of carbonyl (C=O) groups excluding carboxylic acids is 1. The van der Waals surface area contributed by atoms with E-state index in [0.29, 0.717) is 5.70 Å². The number of nitrogens with zero attached hydrogens (tertiary/aromatic N) is 1. The van der Waals surface area contributed by atoms with Crippen molar-refractivity contribution in [1.82, 2.24) is 10.2 Å². The lowest BCUT2D eigenvalue weighted by Crippen LogP contribution is -2.45. The number of nitrogens with two attached hydrogens (primary N) is 1. The molecule has 1 aromatic rings. The van der Waals surface area contributed by atoms with Crippen LogP contribution in [0, 0.1) is 0 Å². The van der Waals surface area contributed by atoms with E-state index in [1.54, 1.807) is 0 Å². The van der Waals surface area contributed by atoms with Gasteiger partial charge >= 0.3 is 0 Å². The third-order valence-electron chi connectivity index (χ3n) is 2.81. The molecule has 2 rings (SSSR count). The zero-order valence-corrected chi connectivity index (χ0v) is 9.73. The quantitative estimate of drug-likeness (QED) is 0.741. The van der Waals surface area contributed by atoms with Crippen molar-refractivity contribution in [3.8, 4) is 0 Å². The Morgan fingerprint density at radius 2 is 1.88 bits per heavy atom. The van der Waals surface area contributed by atoms with Gasteiger partial charge in [0, 0.05) is 26.2 Å². The zero-order valence-electron chi connectivity index (χ0n) is 9.73. The third kappa shape index (κ3) is 3.07. The van der Waals surface area contributed by atoms with Crippen LogP contribution in [0.2, 0.25) is 0 Å². The Labute approximate surface area is 101 Å². The molecule has 0 radical (unpaired) electrons. The van der Waals surface area contributed by atoms with E-state index in [4.69, 9.17) is 5.73 Å². The van der Waals surface area contributed by atoms with E-state index in [1.807, 2.05) is 41.3 Å². The van der Waals surface area contributed by atoms with Gasteiger partial charge in [-0.3, -0.25) is 4.79 Å². The summed E-state index contributed by atoms with van der Waals surface area (Å²) >= 11 is 0. The molecule has 0 aromatic heterocycles. The maximum Gasteiger partial charge on any atom is 0.265 e. The summed E-state index contributed by atoms with van der Waals surface area (Å²) in [5.41, 5.74) is 7.04. The average molecular weight is 231 g/mol. The van der Waals surface area contributed by atoms with Gasteiger partial charge in [0.2, 0.25) is 0 Å². The van der Waals surface area contributed by atoms with Crippen LogP contribution in [0.25, 0.3) is 6.08 Å². The predicted molar refractivity (Wildman–Crippen MR) is 68.1 cm³/mol. The Morgan fingerprint density at radius 3 is 2.47 bits per heavy atom. The van der Waals surface area contributed by atoms with E-state index in [1.165, 1.54) is 0 Å². The van der Waals surface area contributed by atoms with E-state index >= 15 is 0 Å². The molecule has 0 unspecified atom stereocenters. The van der Waals surface area contributed by atoms with Gasteiger partial charge in [-0.2, -0.15) is 0 Å². The van der Waals surface area contributed by atoms with Crippen molar-refractivity contribution in [1.29, 1.82) is 0 Å². The molecule has 1 aromatic carbocycles. The molecule has 1 heterocycles. The number of hydrogen-bond acceptors (Lipinski definition) is 3.